The number of hydrogen-bond acceptors (Lipinski definition) is 5. The van der Waals surface area contributed by atoms with Gasteiger partial charge < -0.3 is 25.4 Å². The number of anilines is 2. The highest BCUT2D eigenvalue weighted by Crippen LogP contribution is 2.26. The Bertz CT molecular complexity index is 545. The quantitative estimate of drug-likeness (QED) is 0.631. The van der Waals surface area contributed by atoms with Crippen LogP contribution in [0.4, 0.5) is 11.4 Å². The molecule has 0 aromatic heterocycles. The molecule has 0 bridgehead atoms. The van der Waals surface area contributed by atoms with Gasteiger partial charge in [-0.1, -0.05) is 6.92 Å². The van der Waals surface area contributed by atoms with E-state index in [0.717, 1.165) is 25.2 Å². The number of morpholine rings is 1. The van der Waals surface area contributed by atoms with Gasteiger partial charge in [0, 0.05) is 18.8 Å². The van der Waals surface area contributed by atoms with Crippen molar-refractivity contribution in [3.8, 4) is 0 Å². The van der Waals surface area contributed by atoms with Crippen molar-refractivity contribution in [1.29, 1.82) is 0 Å². The maximum Gasteiger partial charge on any atom is 0.340 e. The average Bonchev–Trinajstić information content (AvgIpc) is 2.52. The molecule has 1 saturated heterocycles. The monoisotopic (exact) mass is 323 g/mol. The Balaban J connectivity index is 2.29. The number of nitrogens with zero attached hydrogens (tertiary/aromatic N) is 1. The number of benzene rings is 1. The summed E-state index contributed by atoms with van der Waals surface area (Å²) in [6, 6.07) is 5.46. The van der Waals surface area contributed by atoms with E-state index >= 15 is 0 Å². The van der Waals surface area contributed by atoms with Crippen molar-refractivity contribution in [3.63, 3.8) is 0 Å². The molecule has 1 aromatic carbocycles. The van der Waals surface area contributed by atoms with Crippen LogP contribution in [0.1, 0.15) is 23.7 Å². The number of nitrogens with one attached hydrogen (secondary N) is 1. The standard InChI is InChI=1S/C15H21N3O3S/c1-2-7-21-14(19)12-10-11(17-15(16)22)3-4-13(12)18-5-8-20-9-6-18/h3-4,10H,2,5-9H2,1H3,(H3,16,17,22). The number of nitrogens with two attached hydrogens (primary N) is 1. The highest BCUT2D eigenvalue weighted by molar-refractivity contribution is 7.80. The van der Waals surface area contributed by atoms with Crippen LogP contribution in [0, 0.1) is 0 Å². The van der Waals surface area contributed by atoms with E-state index in [1.807, 2.05) is 19.1 Å². The molecule has 2 rings (SSSR count). The molecule has 1 fully saturated rings. The summed E-state index contributed by atoms with van der Waals surface area (Å²) in [6.45, 7) is 5.15. The molecule has 120 valence electrons. The Hall–Kier alpha value is -1.86. The third-order valence-corrected chi connectivity index (χ3v) is 3.38. The highest BCUT2D eigenvalue weighted by Gasteiger charge is 2.20. The number of hydrogen-bond donors (Lipinski definition) is 2. The summed E-state index contributed by atoms with van der Waals surface area (Å²) in [5, 5.41) is 3.00. The number of esters is 1. The van der Waals surface area contributed by atoms with E-state index in [1.54, 1.807) is 6.07 Å². The molecule has 0 unspecified atom stereocenters. The number of ether oxygens (including phenoxy) is 2. The third-order valence-electron chi connectivity index (χ3n) is 3.27. The van der Waals surface area contributed by atoms with Crippen LogP contribution in [0.2, 0.25) is 0 Å². The lowest BCUT2D eigenvalue weighted by molar-refractivity contribution is 0.0505. The lowest BCUT2D eigenvalue weighted by Crippen LogP contribution is -2.37. The van der Waals surface area contributed by atoms with Gasteiger partial charge in [-0.15, -0.1) is 0 Å². The first-order chi connectivity index (χ1) is 10.6. The third kappa shape index (κ3) is 4.32. The molecule has 0 spiro atoms. The first kappa shape index (κ1) is 16.5. The van der Waals surface area contributed by atoms with Crippen molar-refractivity contribution in [3.05, 3.63) is 23.8 Å². The zero-order chi connectivity index (χ0) is 15.9. The summed E-state index contributed by atoms with van der Waals surface area (Å²) < 4.78 is 10.6. The van der Waals surface area contributed by atoms with E-state index in [9.17, 15) is 4.79 Å². The van der Waals surface area contributed by atoms with Gasteiger partial charge in [-0.25, -0.2) is 4.79 Å². The van der Waals surface area contributed by atoms with Crippen LogP contribution >= 0.6 is 12.2 Å². The lowest BCUT2D eigenvalue weighted by atomic mass is 10.1. The molecule has 1 aromatic rings. The topological polar surface area (TPSA) is 76.8 Å². The zero-order valence-corrected chi connectivity index (χ0v) is 13.4. The predicted molar refractivity (Wildman–Crippen MR) is 90.5 cm³/mol. The molecule has 0 atom stereocenters. The van der Waals surface area contributed by atoms with Crippen LogP contribution in [0.5, 0.6) is 0 Å². The summed E-state index contributed by atoms with van der Waals surface area (Å²) >= 11 is 4.84. The van der Waals surface area contributed by atoms with Gasteiger partial charge in [0.25, 0.3) is 0 Å². The van der Waals surface area contributed by atoms with Gasteiger partial charge in [0.1, 0.15) is 0 Å². The van der Waals surface area contributed by atoms with Gasteiger partial charge in [0.05, 0.1) is 31.1 Å². The number of carbonyl (C=O) groups excluding carboxylic acids is 1. The molecule has 1 aliphatic heterocycles. The second kappa shape index (κ2) is 7.95. The van der Waals surface area contributed by atoms with Crippen molar-refractivity contribution >= 4 is 34.7 Å². The molecular weight excluding hydrogens is 302 g/mol. The highest BCUT2D eigenvalue weighted by atomic mass is 32.1. The minimum absolute atomic E-state index is 0.159. The SMILES string of the molecule is CCCOC(=O)c1cc(NC(N)=S)ccc1N1CCOCC1. The van der Waals surface area contributed by atoms with Crippen molar-refractivity contribution in [1.82, 2.24) is 0 Å². The number of rotatable bonds is 5. The zero-order valence-electron chi connectivity index (χ0n) is 12.6. The van der Waals surface area contributed by atoms with Crippen LogP contribution < -0.4 is 16.0 Å². The van der Waals surface area contributed by atoms with Crippen LogP contribution in [0.3, 0.4) is 0 Å². The van der Waals surface area contributed by atoms with E-state index in [4.69, 9.17) is 27.4 Å². The molecule has 1 aliphatic rings. The Morgan fingerprint density at radius 1 is 1.45 bits per heavy atom. The fourth-order valence-corrected chi connectivity index (χ4v) is 2.39. The summed E-state index contributed by atoms with van der Waals surface area (Å²) in [5.41, 5.74) is 7.52. The molecule has 1 heterocycles. The molecule has 22 heavy (non-hydrogen) atoms. The first-order valence-corrected chi connectivity index (χ1v) is 7.73. The largest absolute Gasteiger partial charge is 0.462 e. The van der Waals surface area contributed by atoms with E-state index in [1.165, 1.54) is 0 Å². The van der Waals surface area contributed by atoms with E-state index in [-0.39, 0.29) is 11.1 Å². The van der Waals surface area contributed by atoms with Crippen molar-refractivity contribution in [2.24, 2.45) is 5.73 Å². The lowest BCUT2D eigenvalue weighted by Gasteiger charge is -2.30. The molecule has 0 saturated carbocycles. The molecule has 3 N–H and O–H groups in total. The predicted octanol–water partition coefficient (Wildman–Crippen LogP) is 1.75. The fraction of sp³-hybridized carbons (Fsp3) is 0.467. The molecule has 6 nitrogen and oxygen atoms in total. The van der Waals surface area contributed by atoms with Crippen LogP contribution in [0.15, 0.2) is 18.2 Å². The Labute approximate surface area is 135 Å². The molecule has 0 radical (unpaired) electrons. The van der Waals surface area contributed by atoms with Crippen LogP contribution in [0.25, 0.3) is 0 Å². The van der Waals surface area contributed by atoms with Crippen LogP contribution in [-0.2, 0) is 9.47 Å². The average molecular weight is 323 g/mol. The van der Waals surface area contributed by atoms with Gasteiger partial charge in [0.2, 0.25) is 0 Å². The van der Waals surface area contributed by atoms with Crippen molar-refractivity contribution in [2.45, 2.75) is 13.3 Å². The Kier molecular flexibility index (Phi) is 5.97. The molecule has 0 aliphatic carbocycles. The number of carbonyl (C=O) groups is 1. The van der Waals surface area contributed by atoms with E-state index < -0.39 is 0 Å². The number of thiocarbonyl (C=S) groups is 1. The second-order valence-electron chi connectivity index (χ2n) is 4.96. The fourth-order valence-electron chi connectivity index (χ4n) is 2.27. The normalized spacial score (nSPS) is 14.5. The van der Waals surface area contributed by atoms with Gasteiger partial charge in [-0.3, -0.25) is 0 Å². The smallest absolute Gasteiger partial charge is 0.340 e. The van der Waals surface area contributed by atoms with Crippen LogP contribution in [-0.4, -0.2) is 44.0 Å². The van der Waals surface area contributed by atoms with Crippen molar-refractivity contribution in [2.75, 3.05) is 43.1 Å². The van der Waals surface area contributed by atoms with E-state index in [2.05, 4.69) is 10.2 Å². The summed E-state index contributed by atoms with van der Waals surface area (Å²) in [6.07, 6.45) is 0.781. The summed E-state index contributed by atoms with van der Waals surface area (Å²) in [7, 11) is 0. The molecule has 0 amide bonds. The van der Waals surface area contributed by atoms with Gasteiger partial charge in [0.15, 0.2) is 5.11 Å². The summed E-state index contributed by atoms with van der Waals surface area (Å²) in [5.74, 6) is -0.338. The van der Waals surface area contributed by atoms with Crippen molar-refractivity contribution < 1.29 is 14.3 Å². The van der Waals surface area contributed by atoms with Gasteiger partial charge in [-0.05, 0) is 36.8 Å². The van der Waals surface area contributed by atoms with Gasteiger partial charge in [-0.2, -0.15) is 0 Å². The Morgan fingerprint density at radius 2 is 2.18 bits per heavy atom. The maximum absolute atomic E-state index is 12.3. The molecule has 7 heteroatoms. The minimum atomic E-state index is -0.338. The summed E-state index contributed by atoms with van der Waals surface area (Å²) in [4.78, 5) is 14.5. The Morgan fingerprint density at radius 3 is 2.82 bits per heavy atom. The first-order valence-electron chi connectivity index (χ1n) is 7.32. The van der Waals surface area contributed by atoms with Gasteiger partial charge >= 0.3 is 5.97 Å². The maximum atomic E-state index is 12.3. The molecular formula is C15H21N3O3S. The van der Waals surface area contributed by atoms with E-state index in [0.29, 0.717) is 31.1 Å². The minimum Gasteiger partial charge on any atom is -0.462 e. The second-order valence-corrected chi connectivity index (χ2v) is 5.40.